The first-order valence-electron chi connectivity index (χ1n) is 6.81. The summed E-state index contributed by atoms with van der Waals surface area (Å²) < 4.78 is 40.7. The molecule has 0 aromatic heterocycles. The average Bonchev–Trinajstić information content (AvgIpc) is 2.33. The van der Waals surface area contributed by atoms with Crippen LogP contribution in [0.5, 0.6) is 0 Å². The van der Waals surface area contributed by atoms with E-state index in [1.807, 2.05) is 6.92 Å². The van der Waals surface area contributed by atoms with Gasteiger partial charge in [0.15, 0.2) is 0 Å². The van der Waals surface area contributed by atoms with Crippen molar-refractivity contribution in [1.82, 2.24) is 4.31 Å². The molecule has 1 heterocycles. The van der Waals surface area contributed by atoms with Gasteiger partial charge in [-0.1, -0.05) is 6.92 Å². The second kappa shape index (κ2) is 5.33. The number of anilines is 1. The normalized spacial score (nSPS) is 24.8. The molecule has 0 radical (unpaired) electrons. The van der Waals surface area contributed by atoms with Gasteiger partial charge in [0.05, 0.1) is 0 Å². The molecule has 1 aliphatic rings. The highest BCUT2D eigenvalue weighted by atomic mass is 32.2. The fourth-order valence-electron chi connectivity index (χ4n) is 2.74. The van der Waals surface area contributed by atoms with Gasteiger partial charge in [0.2, 0.25) is 10.0 Å². The molecule has 1 aromatic carbocycles. The lowest BCUT2D eigenvalue weighted by Gasteiger charge is -2.35. The van der Waals surface area contributed by atoms with Crippen molar-refractivity contribution < 1.29 is 12.8 Å². The first kappa shape index (κ1) is 15.3. The summed E-state index contributed by atoms with van der Waals surface area (Å²) in [7, 11) is -3.83. The molecular weight excluding hydrogens is 279 g/mol. The molecule has 4 nitrogen and oxygen atoms in total. The van der Waals surface area contributed by atoms with E-state index in [-0.39, 0.29) is 10.9 Å². The lowest BCUT2D eigenvalue weighted by atomic mass is 9.95. The lowest BCUT2D eigenvalue weighted by molar-refractivity contribution is 0.219. The molecule has 1 aromatic rings. The number of hydrogen-bond acceptors (Lipinski definition) is 3. The van der Waals surface area contributed by atoms with Crippen molar-refractivity contribution in [3.8, 4) is 0 Å². The van der Waals surface area contributed by atoms with Gasteiger partial charge in [-0.2, -0.15) is 4.31 Å². The zero-order chi connectivity index (χ0) is 15.1. The van der Waals surface area contributed by atoms with Crippen LogP contribution in [0.25, 0.3) is 0 Å². The van der Waals surface area contributed by atoms with Crippen LogP contribution < -0.4 is 5.73 Å². The van der Waals surface area contributed by atoms with Gasteiger partial charge in [0, 0.05) is 18.3 Å². The molecule has 2 atom stereocenters. The predicted octanol–water partition coefficient (Wildman–Crippen LogP) is 2.53. The fourth-order valence-corrected chi connectivity index (χ4v) is 4.47. The van der Waals surface area contributed by atoms with E-state index in [2.05, 4.69) is 6.92 Å². The van der Waals surface area contributed by atoms with Gasteiger partial charge in [-0.15, -0.1) is 0 Å². The van der Waals surface area contributed by atoms with E-state index >= 15 is 0 Å². The van der Waals surface area contributed by atoms with Crippen LogP contribution in [0.4, 0.5) is 10.1 Å². The largest absolute Gasteiger partial charge is 0.398 e. The summed E-state index contributed by atoms with van der Waals surface area (Å²) >= 11 is 0. The highest BCUT2D eigenvalue weighted by Crippen LogP contribution is 2.30. The minimum absolute atomic E-state index is 0.120. The summed E-state index contributed by atoms with van der Waals surface area (Å²) in [5, 5.41) is 0. The number of nitrogens with zero attached hydrogens (tertiary/aromatic N) is 1. The SMILES string of the molecule is Cc1cc(F)c(S(=O)(=O)N2CCC(C)CC2C)cc1N. The van der Waals surface area contributed by atoms with Gasteiger partial charge in [-0.25, -0.2) is 12.8 Å². The Morgan fingerprint density at radius 1 is 1.35 bits per heavy atom. The minimum atomic E-state index is -3.83. The number of nitrogen functional groups attached to an aromatic ring is 1. The average molecular weight is 300 g/mol. The number of piperidine rings is 1. The van der Waals surface area contributed by atoms with Crippen molar-refractivity contribution >= 4 is 15.7 Å². The number of benzene rings is 1. The third-order valence-corrected chi connectivity index (χ3v) is 6.01. The van der Waals surface area contributed by atoms with Crippen LogP contribution in [-0.4, -0.2) is 25.3 Å². The van der Waals surface area contributed by atoms with Crippen molar-refractivity contribution in [3.05, 3.63) is 23.5 Å². The summed E-state index contributed by atoms with van der Waals surface area (Å²) in [5.41, 5.74) is 6.56. The second-order valence-electron chi connectivity index (χ2n) is 5.73. The van der Waals surface area contributed by atoms with Crippen molar-refractivity contribution in [2.75, 3.05) is 12.3 Å². The Kier molecular flexibility index (Phi) is 4.07. The van der Waals surface area contributed by atoms with E-state index in [1.165, 1.54) is 16.4 Å². The molecule has 6 heteroatoms. The summed E-state index contributed by atoms with van der Waals surface area (Å²) in [6.07, 6.45) is 1.59. The molecule has 2 unspecified atom stereocenters. The number of sulfonamides is 1. The molecule has 0 saturated carbocycles. The Morgan fingerprint density at radius 3 is 2.60 bits per heavy atom. The van der Waals surface area contributed by atoms with E-state index in [0.29, 0.717) is 23.7 Å². The number of halogens is 1. The maximum Gasteiger partial charge on any atom is 0.246 e. The van der Waals surface area contributed by atoms with Crippen molar-refractivity contribution in [2.24, 2.45) is 5.92 Å². The Balaban J connectivity index is 2.43. The van der Waals surface area contributed by atoms with Crippen LogP contribution in [-0.2, 0) is 10.0 Å². The summed E-state index contributed by atoms with van der Waals surface area (Å²) in [6.45, 7) is 6.05. The molecule has 0 bridgehead atoms. The smallest absolute Gasteiger partial charge is 0.246 e. The fraction of sp³-hybridized carbons (Fsp3) is 0.571. The van der Waals surface area contributed by atoms with Gasteiger partial charge in [0.1, 0.15) is 10.7 Å². The van der Waals surface area contributed by atoms with Crippen LogP contribution in [0, 0.1) is 18.7 Å². The van der Waals surface area contributed by atoms with Crippen LogP contribution in [0.15, 0.2) is 17.0 Å². The Hall–Kier alpha value is -1.14. The number of nitrogens with two attached hydrogens (primary N) is 1. The molecule has 0 amide bonds. The van der Waals surface area contributed by atoms with Gasteiger partial charge >= 0.3 is 0 Å². The molecule has 2 rings (SSSR count). The van der Waals surface area contributed by atoms with E-state index in [1.54, 1.807) is 6.92 Å². The zero-order valence-electron chi connectivity index (χ0n) is 12.1. The number of hydrogen-bond donors (Lipinski definition) is 1. The predicted molar refractivity (Wildman–Crippen MR) is 77.3 cm³/mol. The topological polar surface area (TPSA) is 63.4 Å². The van der Waals surface area contributed by atoms with Gasteiger partial charge in [0.25, 0.3) is 0 Å². The van der Waals surface area contributed by atoms with Crippen LogP contribution in [0.2, 0.25) is 0 Å². The van der Waals surface area contributed by atoms with E-state index in [9.17, 15) is 12.8 Å². The van der Waals surface area contributed by atoms with E-state index < -0.39 is 15.8 Å². The van der Waals surface area contributed by atoms with Crippen LogP contribution in [0.1, 0.15) is 32.3 Å². The highest BCUT2D eigenvalue weighted by Gasteiger charge is 2.35. The lowest BCUT2D eigenvalue weighted by Crippen LogP contribution is -2.44. The molecule has 2 N–H and O–H groups in total. The van der Waals surface area contributed by atoms with E-state index in [0.717, 1.165) is 12.8 Å². The Labute approximate surface area is 119 Å². The zero-order valence-corrected chi connectivity index (χ0v) is 12.9. The van der Waals surface area contributed by atoms with Gasteiger partial charge < -0.3 is 5.73 Å². The first-order valence-corrected chi connectivity index (χ1v) is 8.25. The van der Waals surface area contributed by atoms with Crippen molar-refractivity contribution in [3.63, 3.8) is 0 Å². The van der Waals surface area contributed by atoms with Crippen LogP contribution >= 0.6 is 0 Å². The van der Waals surface area contributed by atoms with Gasteiger partial charge in [-0.3, -0.25) is 0 Å². The molecule has 112 valence electrons. The maximum absolute atomic E-state index is 14.0. The molecule has 1 aliphatic heterocycles. The third kappa shape index (κ3) is 2.67. The number of aryl methyl sites for hydroxylation is 1. The van der Waals surface area contributed by atoms with E-state index in [4.69, 9.17) is 5.73 Å². The monoisotopic (exact) mass is 300 g/mol. The summed E-state index contributed by atoms with van der Waals surface area (Å²) in [5.74, 6) is -0.244. The number of rotatable bonds is 2. The van der Waals surface area contributed by atoms with Crippen molar-refractivity contribution in [1.29, 1.82) is 0 Å². The second-order valence-corrected chi connectivity index (χ2v) is 7.59. The maximum atomic E-state index is 14.0. The standard InChI is InChI=1S/C14H21FN2O2S/c1-9-4-5-17(11(3)6-9)20(18,19)14-8-13(16)10(2)7-12(14)15/h7-9,11H,4-6,16H2,1-3H3. The first-order chi connectivity index (χ1) is 9.23. The summed E-state index contributed by atoms with van der Waals surface area (Å²) in [6, 6.07) is 2.29. The summed E-state index contributed by atoms with van der Waals surface area (Å²) in [4.78, 5) is -0.318. The molecule has 1 saturated heterocycles. The molecule has 0 spiro atoms. The molecule has 0 aliphatic carbocycles. The molecule has 20 heavy (non-hydrogen) atoms. The minimum Gasteiger partial charge on any atom is -0.398 e. The van der Waals surface area contributed by atoms with Crippen LogP contribution in [0.3, 0.4) is 0 Å². The Bertz CT molecular complexity index is 616. The van der Waals surface area contributed by atoms with Crippen molar-refractivity contribution in [2.45, 2.75) is 44.6 Å². The van der Waals surface area contributed by atoms with Gasteiger partial charge in [-0.05, 0) is 50.3 Å². The third-order valence-electron chi connectivity index (χ3n) is 3.98. The highest BCUT2D eigenvalue weighted by molar-refractivity contribution is 7.89. The molecule has 1 fully saturated rings. The molecular formula is C14H21FN2O2S. The quantitative estimate of drug-likeness (QED) is 0.854. The Morgan fingerprint density at radius 2 is 2.00 bits per heavy atom.